The third-order valence-corrected chi connectivity index (χ3v) is 2.90. The van der Waals surface area contributed by atoms with Crippen molar-refractivity contribution < 1.29 is 14.2 Å². The molecule has 2 fully saturated rings. The lowest BCUT2D eigenvalue weighted by Gasteiger charge is -2.14. The van der Waals surface area contributed by atoms with Crippen LogP contribution in [0.4, 0.5) is 0 Å². The molecule has 1 aliphatic carbocycles. The number of ether oxygens (including phenoxy) is 3. The molecule has 3 nitrogen and oxygen atoms in total. The number of rotatable bonds is 5. The fourth-order valence-electron chi connectivity index (χ4n) is 1.54. The smallest absolute Gasteiger partial charge is 0.231 e. The van der Waals surface area contributed by atoms with Crippen molar-refractivity contribution in [3.05, 3.63) is 24.3 Å². The van der Waals surface area contributed by atoms with Gasteiger partial charge in [-0.1, -0.05) is 12.1 Å². The molecule has 1 saturated carbocycles. The van der Waals surface area contributed by atoms with E-state index >= 15 is 0 Å². The van der Waals surface area contributed by atoms with Crippen LogP contribution in [0.5, 0.6) is 11.5 Å². The second-order valence-electron chi connectivity index (χ2n) is 4.73. The van der Waals surface area contributed by atoms with Crippen LogP contribution in [0.3, 0.4) is 0 Å². The zero-order chi connectivity index (χ0) is 11.0. The Kier molecular flexibility index (Phi) is 2.28. The Morgan fingerprint density at radius 1 is 1.31 bits per heavy atom. The van der Waals surface area contributed by atoms with E-state index in [2.05, 4.69) is 0 Å². The van der Waals surface area contributed by atoms with Gasteiger partial charge in [0.25, 0.3) is 0 Å². The first-order chi connectivity index (χ1) is 7.75. The van der Waals surface area contributed by atoms with Crippen LogP contribution in [0.2, 0.25) is 0 Å². The normalized spacial score (nSPS) is 27.6. The van der Waals surface area contributed by atoms with Crippen molar-refractivity contribution in [3.63, 3.8) is 0 Å². The Hall–Kier alpha value is -1.22. The SMILES string of the molecule is C[C@@]1(Oc2ccccc2OCC2CC2)CO1. The highest BCUT2D eigenvalue weighted by atomic mass is 16.8. The Bertz CT molecular complexity index is 381. The van der Waals surface area contributed by atoms with Crippen molar-refractivity contribution in [2.24, 2.45) is 5.92 Å². The summed E-state index contributed by atoms with van der Waals surface area (Å²) in [6.07, 6.45) is 2.59. The summed E-state index contributed by atoms with van der Waals surface area (Å²) in [4.78, 5) is 0. The van der Waals surface area contributed by atoms with E-state index in [0.29, 0.717) is 6.61 Å². The first-order valence-corrected chi connectivity index (χ1v) is 5.80. The maximum absolute atomic E-state index is 5.75. The van der Waals surface area contributed by atoms with E-state index in [1.807, 2.05) is 31.2 Å². The maximum Gasteiger partial charge on any atom is 0.231 e. The molecule has 0 radical (unpaired) electrons. The average Bonchev–Trinajstić information content (AvgIpc) is 3.16. The Morgan fingerprint density at radius 2 is 2.00 bits per heavy atom. The molecule has 0 spiro atoms. The summed E-state index contributed by atoms with van der Waals surface area (Å²) in [5.41, 5.74) is 0. The van der Waals surface area contributed by atoms with Crippen LogP contribution in [-0.2, 0) is 4.74 Å². The first kappa shape index (κ1) is 9.97. The van der Waals surface area contributed by atoms with Crippen LogP contribution in [0, 0.1) is 5.92 Å². The highest BCUT2D eigenvalue weighted by Gasteiger charge is 2.42. The van der Waals surface area contributed by atoms with Crippen LogP contribution in [0.25, 0.3) is 0 Å². The summed E-state index contributed by atoms with van der Waals surface area (Å²) >= 11 is 0. The topological polar surface area (TPSA) is 31.0 Å². The van der Waals surface area contributed by atoms with E-state index in [4.69, 9.17) is 14.2 Å². The largest absolute Gasteiger partial charge is 0.489 e. The number of hydrogen-bond acceptors (Lipinski definition) is 3. The molecular weight excluding hydrogens is 204 g/mol. The van der Waals surface area contributed by atoms with Crippen LogP contribution in [0.15, 0.2) is 24.3 Å². The molecule has 1 aromatic rings. The quantitative estimate of drug-likeness (QED) is 0.715. The van der Waals surface area contributed by atoms with Gasteiger partial charge in [0, 0.05) is 6.92 Å². The summed E-state index contributed by atoms with van der Waals surface area (Å²) in [7, 11) is 0. The molecule has 3 heteroatoms. The monoisotopic (exact) mass is 220 g/mol. The van der Waals surface area contributed by atoms with E-state index in [-0.39, 0.29) is 0 Å². The molecule has 3 rings (SSSR count). The molecule has 0 bridgehead atoms. The highest BCUT2D eigenvalue weighted by molar-refractivity contribution is 5.40. The zero-order valence-corrected chi connectivity index (χ0v) is 9.44. The second-order valence-corrected chi connectivity index (χ2v) is 4.73. The molecule has 86 valence electrons. The Morgan fingerprint density at radius 3 is 2.62 bits per heavy atom. The van der Waals surface area contributed by atoms with Gasteiger partial charge in [0.15, 0.2) is 11.5 Å². The predicted octanol–water partition coefficient (Wildman–Crippen LogP) is 2.60. The van der Waals surface area contributed by atoms with Gasteiger partial charge >= 0.3 is 0 Å². The van der Waals surface area contributed by atoms with Gasteiger partial charge < -0.3 is 14.2 Å². The summed E-state index contributed by atoms with van der Waals surface area (Å²) < 4.78 is 16.7. The van der Waals surface area contributed by atoms with E-state index in [1.54, 1.807) is 0 Å². The number of hydrogen-bond donors (Lipinski definition) is 0. The maximum atomic E-state index is 5.75. The zero-order valence-electron chi connectivity index (χ0n) is 9.44. The van der Waals surface area contributed by atoms with Crippen molar-refractivity contribution in [2.75, 3.05) is 13.2 Å². The van der Waals surface area contributed by atoms with Crippen molar-refractivity contribution in [2.45, 2.75) is 25.6 Å². The van der Waals surface area contributed by atoms with Gasteiger partial charge in [-0.2, -0.15) is 0 Å². The van der Waals surface area contributed by atoms with Crippen LogP contribution < -0.4 is 9.47 Å². The Balaban J connectivity index is 1.69. The molecule has 0 N–H and O–H groups in total. The second kappa shape index (κ2) is 3.67. The summed E-state index contributed by atoms with van der Waals surface area (Å²) in [6.45, 7) is 3.40. The minimum atomic E-state index is -0.432. The molecule has 1 aromatic carbocycles. The Labute approximate surface area is 95.3 Å². The first-order valence-electron chi connectivity index (χ1n) is 5.80. The fourth-order valence-corrected chi connectivity index (χ4v) is 1.54. The lowest BCUT2D eigenvalue weighted by atomic mass is 10.3. The van der Waals surface area contributed by atoms with Gasteiger partial charge in [0.05, 0.1) is 6.61 Å². The number of epoxide rings is 1. The van der Waals surface area contributed by atoms with E-state index in [1.165, 1.54) is 12.8 Å². The predicted molar refractivity (Wildman–Crippen MR) is 59.6 cm³/mol. The summed E-state index contributed by atoms with van der Waals surface area (Å²) in [5, 5.41) is 0. The van der Waals surface area contributed by atoms with Gasteiger partial charge in [-0.25, -0.2) is 0 Å². The van der Waals surface area contributed by atoms with Gasteiger partial charge in [-0.3, -0.25) is 0 Å². The summed E-state index contributed by atoms with van der Waals surface area (Å²) in [5.74, 6) is 1.93. The molecule has 1 atom stereocenters. The number of para-hydroxylation sites is 2. The van der Waals surface area contributed by atoms with Crippen LogP contribution in [-0.4, -0.2) is 19.0 Å². The van der Waals surface area contributed by atoms with Crippen molar-refractivity contribution in [1.82, 2.24) is 0 Å². The molecule has 0 unspecified atom stereocenters. The molecular formula is C13H16O3. The van der Waals surface area contributed by atoms with Crippen molar-refractivity contribution in [1.29, 1.82) is 0 Å². The third kappa shape index (κ3) is 2.30. The lowest BCUT2D eigenvalue weighted by molar-refractivity contribution is 0.0757. The van der Waals surface area contributed by atoms with Gasteiger partial charge in [0.1, 0.15) is 6.61 Å². The van der Waals surface area contributed by atoms with E-state index in [9.17, 15) is 0 Å². The van der Waals surface area contributed by atoms with E-state index in [0.717, 1.165) is 24.0 Å². The molecule has 1 saturated heterocycles. The third-order valence-electron chi connectivity index (χ3n) is 2.90. The molecule has 1 aliphatic heterocycles. The molecule has 1 heterocycles. The molecule has 0 aromatic heterocycles. The molecule has 2 aliphatic rings. The molecule has 16 heavy (non-hydrogen) atoms. The summed E-state index contributed by atoms with van der Waals surface area (Å²) in [6, 6.07) is 7.79. The standard InChI is InChI=1S/C13H16O3/c1-13(9-15-13)16-12-5-3-2-4-11(12)14-8-10-6-7-10/h2-5,10H,6-9H2,1H3/t13-/m1/s1. The lowest BCUT2D eigenvalue weighted by Crippen LogP contribution is -2.15. The number of benzene rings is 1. The van der Waals surface area contributed by atoms with Crippen LogP contribution >= 0.6 is 0 Å². The van der Waals surface area contributed by atoms with Gasteiger partial charge in [-0.05, 0) is 30.9 Å². The average molecular weight is 220 g/mol. The minimum Gasteiger partial charge on any atom is -0.489 e. The van der Waals surface area contributed by atoms with Gasteiger partial charge in [-0.15, -0.1) is 0 Å². The van der Waals surface area contributed by atoms with E-state index < -0.39 is 5.79 Å². The minimum absolute atomic E-state index is 0.432. The fraction of sp³-hybridized carbons (Fsp3) is 0.538. The van der Waals surface area contributed by atoms with Crippen molar-refractivity contribution in [3.8, 4) is 11.5 Å². The molecule has 0 amide bonds. The van der Waals surface area contributed by atoms with Crippen molar-refractivity contribution >= 4 is 0 Å². The van der Waals surface area contributed by atoms with Gasteiger partial charge in [0.2, 0.25) is 5.79 Å². The van der Waals surface area contributed by atoms with Crippen LogP contribution in [0.1, 0.15) is 19.8 Å². The highest BCUT2D eigenvalue weighted by Crippen LogP contribution is 2.37.